The molecule has 6 rings (SSSR count). The highest BCUT2D eigenvalue weighted by atomic mass is 16.5. The second kappa shape index (κ2) is 10.9. The lowest BCUT2D eigenvalue weighted by atomic mass is 9.92. The van der Waals surface area contributed by atoms with Gasteiger partial charge in [-0.2, -0.15) is 0 Å². The molecule has 1 amide bonds. The number of amides is 1. The molecule has 1 saturated carbocycles. The third-order valence-corrected chi connectivity index (χ3v) is 7.95. The molecule has 0 spiro atoms. The van der Waals surface area contributed by atoms with Crippen LogP contribution in [0.15, 0.2) is 71.5 Å². The summed E-state index contributed by atoms with van der Waals surface area (Å²) in [5.74, 6) is 1.53. The quantitative estimate of drug-likeness (QED) is 0.202. The number of pyridine rings is 1. The fourth-order valence-electron chi connectivity index (χ4n) is 5.45. The van der Waals surface area contributed by atoms with Crippen LogP contribution in [0.5, 0.6) is 5.75 Å². The molecule has 3 heterocycles. The molecule has 5 aromatic rings. The molecule has 0 atom stereocenters. The summed E-state index contributed by atoms with van der Waals surface area (Å²) in [6, 6.07) is 15.2. The highest BCUT2D eigenvalue weighted by molar-refractivity contribution is 6.12. The van der Waals surface area contributed by atoms with Gasteiger partial charge in [0, 0.05) is 76.9 Å². The first-order chi connectivity index (χ1) is 20.3. The minimum Gasteiger partial charge on any atom is -0.493 e. The van der Waals surface area contributed by atoms with Gasteiger partial charge in [-0.1, -0.05) is 29.8 Å². The van der Waals surface area contributed by atoms with Crippen LogP contribution in [0, 0.1) is 13.8 Å². The minimum absolute atomic E-state index is 0.00172. The molecule has 1 aliphatic rings. The monoisotopic (exact) mass is 560 g/mol. The summed E-state index contributed by atoms with van der Waals surface area (Å²) in [7, 11) is 1.60. The lowest BCUT2D eigenvalue weighted by molar-refractivity contribution is 0.0957. The van der Waals surface area contributed by atoms with Gasteiger partial charge in [0.1, 0.15) is 22.9 Å². The van der Waals surface area contributed by atoms with E-state index in [1.54, 1.807) is 31.7 Å². The van der Waals surface area contributed by atoms with E-state index in [1.807, 2.05) is 63.2 Å². The van der Waals surface area contributed by atoms with E-state index in [1.165, 1.54) is 0 Å². The van der Waals surface area contributed by atoms with Crippen molar-refractivity contribution in [3.8, 4) is 28.2 Å². The Kier molecular flexibility index (Phi) is 7.06. The largest absolute Gasteiger partial charge is 0.493 e. The van der Waals surface area contributed by atoms with Crippen molar-refractivity contribution < 1.29 is 18.7 Å². The smallest absolute Gasteiger partial charge is 0.255 e. The van der Waals surface area contributed by atoms with Gasteiger partial charge in [-0.15, -0.1) is 0 Å². The van der Waals surface area contributed by atoms with Crippen LogP contribution in [0.1, 0.15) is 64.0 Å². The summed E-state index contributed by atoms with van der Waals surface area (Å²) in [6.07, 6.45) is 7.27. The van der Waals surface area contributed by atoms with E-state index in [0.717, 1.165) is 40.9 Å². The second-order valence-corrected chi connectivity index (χ2v) is 10.8. The number of rotatable bonds is 9. The number of ether oxygens (including phenoxy) is 1. The number of aryl methyl sites for hydroxylation is 2. The fraction of sp³-hybridized carbons (Fsp3) is 0.265. The number of fused-ring (bicyclic) bond motifs is 1. The molecule has 0 bridgehead atoms. The SMILES string of the molecule is CCOc1cc2oc(-c3ccc(C)cc3)c(C(=O)NC)c2cc1-c1cnc(C)c(C(=O)CC2(c3ncccn3)CC2)c1. The molecular weight excluding hydrogens is 528 g/mol. The van der Waals surface area contributed by atoms with Crippen molar-refractivity contribution in [3.63, 3.8) is 0 Å². The summed E-state index contributed by atoms with van der Waals surface area (Å²) in [5, 5.41) is 3.40. The molecule has 0 unspecified atom stereocenters. The standard InChI is InChI=1S/C34H32N4O4/c1-5-41-28-17-29-26(30(32(40)35-4)31(42-29)22-9-7-20(2)8-10-22)16-25(28)23-15-24(21(3)38-19-23)27(39)18-34(11-12-34)33-36-13-6-14-37-33/h6-10,13-17,19H,5,11-12,18H2,1-4H3,(H,35,40). The molecule has 42 heavy (non-hydrogen) atoms. The number of hydrogen-bond donors (Lipinski definition) is 1. The zero-order valence-corrected chi connectivity index (χ0v) is 24.2. The number of furan rings is 1. The Bertz CT molecular complexity index is 1810. The van der Waals surface area contributed by atoms with Crippen molar-refractivity contribution in [2.45, 2.75) is 45.4 Å². The van der Waals surface area contributed by atoms with Crippen molar-refractivity contribution in [1.82, 2.24) is 20.3 Å². The number of ketones is 1. The van der Waals surface area contributed by atoms with Gasteiger partial charge in [0.25, 0.3) is 5.91 Å². The Hall–Kier alpha value is -4.85. The zero-order chi connectivity index (χ0) is 29.4. The van der Waals surface area contributed by atoms with Crippen LogP contribution >= 0.6 is 0 Å². The van der Waals surface area contributed by atoms with Crippen molar-refractivity contribution in [2.24, 2.45) is 0 Å². The summed E-state index contributed by atoms with van der Waals surface area (Å²) in [4.78, 5) is 40.3. The number of Topliss-reactive ketones (excluding diaryl/α,β-unsaturated/α-hetero) is 1. The summed E-state index contributed by atoms with van der Waals surface area (Å²) >= 11 is 0. The average Bonchev–Trinajstić information content (AvgIpc) is 3.69. The zero-order valence-electron chi connectivity index (χ0n) is 24.2. The van der Waals surface area contributed by atoms with Gasteiger partial charge in [-0.05, 0) is 51.8 Å². The number of carbonyl (C=O) groups excluding carboxylic acids is 2. The van der Waals surface area contributed by atoms with E-state index in [-0.39, 0.29) is 17.1 Å². The molecule has 8 nitrogen and oxygen atoms in total. The molecular formula is C34H32N4O4. The van der Waals surface area contributed by atoms with E-state index < -0.39 is 0 Å². The molecule has 1 N–H and O–H groups in total. The number of nitrogens with one attached hydrogen (secondary N) is 1. The van der Waals surface area contributed by atoms with Gasteiger partial charge in [-0.25, -0.2) is 9.97 Å². The van der Waals surface area contributed by atoms with Crippen LogP contribution in [-0.2, 0) is 5.41 Å². The molecule has 8 heteroatoms. The number of hydrogen-bond acceptors (Lipinski definition) is 7. The molecule has 2 aromatic carbocycles. The van der Waals surface area contributed by atoms with E-state index in [9.17, 15) is 9.59 Å². The van der Waals surface area contributed by atoms with E-state index in [0.29, 0.717) is 52.3 Å². The van der Waals surface area contributed by atoms with Crippen LogP contribution in [0.4, 0.5) is 0 Å². The maximum absolute atomic E-state index is 13.7. The molecule has 212 valence electrons. The Balaban J connectivity index is 1.45. The van der Waals surface area contributed by atoms with Gasteiger partial charge in [-0.3, -0.25) is 14.6 Å². The Morgan fingerprint density at radius 3 is 2.40 bits per heavy atom. The van der Waals surface area contributed by atoms with E-state index in [2.05, 4.69) is 20.3 Å². The lowest BCUT2D eigenvalue weighted by Crippen LogP contribution is -2.18. The predicted octanol–water partition coefficient (Wildman–Crippen LogP) is 6.63. The van der Waals surface area contributed by atoms with Gasteiger partial charge in [0.15, 0.2) is 5.78 Å². The van der Waals surface area contributed by atoms with E-state index in [4.69, 9.17) is 9.15 Å². The number of nitrogens with zero attached hydrogens (tertiary/aromatic N) is 3. The van der Waals surface area contributed by atoms with E-state index >= 15 is 0 Å². The Morgan fingerprint density at radius 2 is 1.74 bits per heavy atom. The molecule has 3 aromatic heterocycles. The van der Waals surface area contributed by atoms with Crippen LogP contribution in [-0.4, -0.2) is 40.3 Å². The van der Waals surface area contributed by atoms with Crippen LogP contribution < -0.4 is 10.1 Å². The fourth-order valence-corrected chi connectivity index (χ4v) is 5.45. The molecule has 0 aliphatic heterocycles. The third-order valence-electron chi connectivity index (χ3n) is 7.95. The van der Waals surface area contributed by atoms with Gasteiger partial charge in [0.2, 0.25) is 0 Å². The maximum Gasteiger partial charge on any atom is 0.255 e. The summed E-state index contributed by atoms with van der Waals surface area (Å²) in [6.45, 7) is 6.19. The Morgan fingerprint density at radius 1 is 1.00 bits per heavy atom. The van der Waals surface area contributed by atoms with Crippen molar-refractivity contribution >= 4 is 22.7 Å². The topological polar surface area (TPSA) is 107 Å². The number of carbonyl (C=O) groups is 2. The van der Waals surface area contributed by atoms with Gasteiger partial charge >= 0.3 is 0 Å². The molecule has 1 fully saturated rings. The Labute approximate surface area is 244 Å². The minimum atomic E-state index is -0.318. The van der Waals surface area contributed by atoms with Crippen LogP contribution in [0.3, 0.4) is 0 Å². The second-order valence-electron chi connectivity index (χ2n) is 10.8. The summed E-state index contributed by atoms with van der Waals surface area (Å²) < 4.78 is 12.3. The third kappa shape index (κ3) is 4.93. The van der Waals surface area contributed by atoms with Gasteiger partial charge < -0.3 is 14.5 Å². The van der Waals surface area contributed by atoms with Crippen molar-refractivity contribution in [3.05, 3.63) is 95.3 Å². The molecule has 1 aliphatic carbocycles. The van der Waals surface area contributed by atoms with Crippen LogP contribution in [0.2, 0.25) is 0 Å². The maximum atomic E-state index is 13.7. The van der Waals surface area contributed by atoms with Crippen molar-refractivity contribution in [1.29, 1.82) is 0 Å². The predicted molar refractivity (Wildman–Crippen MR) is 161 cm³/mol. The number of benzene rings is 2. The normalized spacial score (nSPS) is 13.6. The summed E-state index contributed by atoms with van der Waals surface area (Å²) in [5.41, 5.74) is 5.22. The van der Waals surface area contributed by atoms with Crippen LogP contribution in [0.25, 0.3) is 33.4 Å². The average molecular weight is 561 g/mol. The first kappa shape index (κ1) is 27.3. The van der Waals surface area contributed by atoms with Crippen molar-refractivity contribution in [2.75, 3.05) is 13.7 Å². The first-order valence-corrected chi connectivity index (χ1v) is 14.1. The highest BCUT2D eigenvalue weighted by Crippen LogP contribution is 2.50. The lowest BCUT2D eigenvalue weighted by Gasteiger charge is -2.15. The van der Waals surface area contributed by atoms with Gasteiger partial charge in [0.05, 0.1) is 12.2 Å². The first-order valence-electron chi connectivity index (χ1n) is 14.1. The molecule has 0 saturated heterocycles. The highest BCUT2D eigenvalue weighted by Gasteiger charge is 2.48. The number of aromatic nitrogens is 3. The molecule has 0 radical (unpaired) electrons.